The van der Waals surface area contributed by atoms with E-state index in [4.69, 9.17) is 0 Å². The van der Waals surface area contributed by atoms with Gasteiger partial charge >= 0.3 is 0 Å². The Morgan fingerprint density at radius 1 is 0.900 bits per heavy atom. The van der Waals surface area contributed by atoms with Gasteiger partial charge < -0.3 is 15.3 Å². The van der Waals surface area contributed by atoms with Crippen LogP contribution < -0.4 is 5.32 Å². The van der Waals surface area contributed by atoms with E-state index in [9.17, 15) is 9.90 Å². The van der Waals surface area contributed by atoms with E-state index in [-0.39, 0.29) is 11.7 Å². The van der Waals surface area contributed by atoms with Gasteiger partial charge in [-0.3, -0.25) is 4.79 Å². The van der Waals surface area contributed by atoms with Gasteiger partial charge in [0.15, 0.2) is 0 Å². The number of carbonyl (C=O) groups excluding carboxylic acids is 1. The predicted molar refractivity (Wildman–Crippen MR) is 120 cm³/mol. The second-order valence-electron chi connectivity index (χ2n) is 8.04. The van der Waals surface area contributed by atoms with Crippen LogP contribution in [0.5, 0.6) is 5.75 Å². The number of aromatic hydroxyl groups is 1. The van der Waals surface area contributed by atoms with E-state index in [2.05, 4.69) is 41.7 Å². The summed E-state index contributed by atoms with van der Waals surface area (Å²) < 4.78 is 0. The third-order valence-electron chi connectivity index (χ3n) is 5.84. The summed E-state index contributed by atoms with van der Waals surface area (Å²) in [5.41, 5.74) is 3.36. The van der Waals surface area contributed by atoms with Gasteiger partial charge in [-0.25, -0.2) is 0 Å². The smallest absolute Gasteiger partial charge is 0.227 e. The van der Waals surface area contributed by atoms with Gasteiger partial charge in [-0.15, -0.1) is 0 Å². The average molecular weight is 401 g/mol. The quantitative estimate of drug-likeness (QED) is 0.640. The Morgan fingerprint density at radius 2 is 1.57 bits per heavy atom. The summed E-state index contributed by atoms with van der Waals surface area (Å²) in [6.45, 7) is 1.50. The molecule has 1 aliphatic heterocycles. The molecule has 3 aromatic carbocycles. The van der Waals surface area contributed by atoms with Crippen LogP contribution in [0.2, 0.25) is 0 Å². The van der Waals surface area contributed by atoms with Crippen molar-refractivity contribution in [3.8, 4) is 5.75 Å². The Bertz CT molecular complexity index is 942. The van der Waals surface area contributed by atoms with Crippen molar-refractivity contribution in [1.29, 1.82) is 0 Å². The SMILES string of the molecule is O=C(Cc1ccc(O)cc1)N1CC[C@@H](Nc2ccccc2)[C@@H](Cc2ccccc2)C1. The third kappa shape index (κ3) is 5.20. The van der Waals surface area contributed by atoms with E-state index in [1.807, 2.05) is 41.3 Å². The zero-order valence-electron chi connectivity index (χ0n) is 17.1. The number of piperidine rings is 1. The van der Waals surface area contributed by atoms with Crippen molar-refractivity contribution in [1.82, 2.24) is 4.90 Å². The number of hydrogen-bond acceptors (Lipinski definition) is 3. The molecule has 1 amide bonds. The highest BCUT2D eigenvalue weighted by molar-refractivity contribution is 5.79. The van der Waals surface area contributed by atoms with Gasteiger partial charge in [0.25, 0.3) is 0 Å². The molecule has 1 aliphatic rings. The fraction of sp³-hybridized carbons (Fsp3) is 0.269. The molecule has 0 unspecified atom stereocenters. The number of benzene rings is 3. The van der Waals surface area contributed by atoms with Gasteiger partial charge in [0.2, 0.25) is 5.91 Å². The fourth-order valence-electron chi connectivity index (χ4n) is 4.22. The van der Waals surface area contributed by atoms with Crippen molar-refractivity contribution in [3.63, 3.8) is 0 Å². The van der Waals surface area contributed by atoms with Gasteiger partial charge in [0.05, 0.1) is 6.42 Å². The maximum atomic E-state index is 13.0. The number of carbonyl (C=O) groups is 1. The molecule has 0 aromatic heterocycles. The van der Waals surface area contributed by atoms with Crippen LogP contribution in [0.3, 0.4) is 0 Å². The maximum absolute atomic E-state index is 13.0. The Balaban J connectivity index is 1.46. The largest absolute Gasteiger partial charge is 0.508 e. The zero-order chi connectivity index (χ0) is 20.8. The lowest BCUT2D eigenvalue weighted by Gasteiger charge is -2.39. The molecular weight excluding hydrogens is 372 g/mol. The lowest BCUT2D eigenvalue weighted by atomic mass is 9.86. The van der Waals surface area contributed by atoms with E-state index >= 15 is 0 Å². The molecule has 1 saturated heterocycles. The predicted octanol–water partition coefficient (Wildman–Crippen LogP) is 4.51. The fourth-order valence-corrected chi connectivity index (χ4v) is 4.22. The standard InChI is InChI=1S/C26H28N2O2/c29-24-13-11-21(12-14-24)18-26(30)28-16-15-25(27-23-9-5-2-6-10-23)22(19-28)17-20-7-3-1-4-8-20/h1-14,22,25,27,29H,15-19H2/t22-,25+/m0/s1. The first-order valence-electron chi connectivity index (χ1n) is 10.6. The zero-order valence-corrected chi connectivity index (χ0v) is 17.1. The topological polar surface area (TPSA) is 52.6 Å². The number of likely N-dealkylation sites (tertiary alicyclic amines) is 1. The van der Waals surface area contributed by atoms with E-state index in [0.29, 0.717) is 18.4 Å². The molecule has 4 rings (SSSR count). The first-order chi connectivity index (χ1) is 14.7. The Kier molecular flexibility index (Phi) is 6.33. The minimum atomic E-state index is 0.150. The number of phenols is 1. The van der Waals surface area contributed by atoms with Crippen LogP contribution in [0, 0.1) is 5.92 Å². The monoisotopic (exact) mass is 400 g/mol. The molecule has 0 saturated carbocycles. The molecule has 154 valence electrons. The molecule has 4 nitrogen and oxygen atoms in total. The average Bonchev–Trinajstić information content (AvgIpc) is 2.78. The number of nitrogens with one attached hydrogen (secondary N) is 1. The Labute approximate surface area is 178 Å². The normalized spacial score (nSPS) is 18.7. The van der Waals surface area contributed by atoms with E-state index in [0.717, 1.165) is 37.2 Å². The van der Waals surface area contributed by atoms with Gasteiger partial charge in [0.1, 0.15) is 5.75 Å². The van der Waals surface area contributed by atoms with Crippen molar-refractivity contribution < 1.29 is 9.90 Å². The second-order valence-corrected chi connectivity index (χ2v) is 8.04. The van der Waals surface area contributed by atoms with Gasteiger partial charge in [0, 0.05) is 30.7 Å². The number of para-hydroxylation sites is 1. The van der Waals surface area contributed by atoms with Crippen LogP contribution in [0.25, 0.3) is 0 Å². The first kappa shape index (κ1) is 20.0. The third-order valence-corrected chi connectivity index (χ3v) is 5.84. The molecule has 1 fully saturated rings. The van der Waals surface area contributed by atoms with Crippen LogP contribution in [0.4, 0.5) is 5.69 Å². The molecule has 0 radical (unpaired) electrons. The summed E-state index contributed by atoms with van der Waals surface area (Å²) in [6.07, 6.45) is 2.23. The van der Waals surface area contributed by atoms with E-state index in [1.54, 1.807) is 12.1 Å². The molecule has 30 heavy (non-hydrogen) atoms. The highest BCUT2D eigenvalue weighted by Crippen LogP contribution is 2.25. The van der Waals surface area contributed by atoms with Gasteiger partial charge in [-0.2, -0.15) is 0 Å². The number of phenolic OH excluding ortho intramolecular Hbond substituents is 1. The summed E-state index contributed by atoms with van der Waals surface area (Å²) in [7, 11) is 0. The molecule has 0 bridgehead atoms. The molecule has 2 N–H and O–H groups in total. The molecule has 4 heteroatoms. The summed E-state index contributed by atoms with van der Waals surface area (Å²) in [5, 5.41) is 13.2. The van der Waals surface area contributed by atoms with Crippen LogP contribution >= 0.6 is 0 Å². The second kappa shape index (κ2) is 9.49. The molecule has 2 atom stereocenters. The summed E-state index contributed by atoms with van der Waals surface area (Å²) in [4.78, 5) is 15.0. The number of rotatable bonds is 6. The number of anilines is 1. The van der Waals surface area contributed by atoms with Crippen molar-refractivity contribution in [3.05, 3.63) is 96.1 Å². The van der Waals surface area contributed by atoms with Crippen LogP contribution in [-0.2, 0) is 17.6 Å². The minimum absolute atomic E-state index is 0.150. The van der Waals surface area contributed by atoms with Crippen molar-refractivity contribution in [2.75, 3.05) is 18.4 Å². The van der Waals surface area contributed by atoms with Crippen LogP contribution in [-0.4, -0.2) is 35.0 Å². The summed E-state index contributed by atoms with van der Waals surface area (Å²) >= 11 is 0. The number of hydrogen-bond donors (Lipinski definition) is 2. The molecular formula is C26H28N2O2. The lowest BCUT2D eigenvalue weighted by Crippen LogP contribution is -2.49. The van der Waals surface area contributed by atoms with Crippen molar-refractivity contribution >= 4 is 11.6 Å². The molecule has 3 aromatic rings. The highest BCUT2D eigenvalue weighted by atomic mass is 16.3. The Hall–Kier alpha value is -3.27. The van der Waals surface area contributed by atoms with E-state index < -0.39 is 0 Å². The van der Waals surface area contributed by atoms with Crippen LogP contribution in [0.1, 0.15) is 17.5 Å². The van der Waals surface area contributed by atoms with Gasteiger partial charge in [-0.1, -0.05) is 60.7 Å². The van der Waals surface area contributed by atoms with Crippen molar-refractivity contribution in [2.45, 2.75) is 25.3 Å². The van der Waals surface area contributed by atoms with Gasteiger partial charge in [-0.05, 0) is 48.2 Å². The molecule has 1 heterocycles. The summed E-state index contributed by atoms with van der Waals surface area (Å²) in [5.74, 6) is 0.712. The highest BCUT2D eigenvalue weighted by Gasteiger charge is 2.31. The Morgan fingerprint density at radius 3 is 2.27 bits per heavy atom. The minimum Gasteiger partial charge on any atom is -0.508 e. The molecule has 0 aliphatic carbocycles. The first-order valence-corrected chi connectivity index (χ1v) is 10.6. The van der Waals surface area contributed by atoms with E-state index in [1.165, 1.54) is 5.56 Å². The summed E-state index contributed by atoms with van der Waals surface area (Å²) in [6, 6.07) is 28.1. The lowest BCUT2D eigenvalue weighted by molar-refractivity contribution is -0.132. The van der Waals surface area contributed by atoms with Crippen LogP contribution in [0.15, 0.2) is 84.9 Å². The number of amides is 1. The number of nitrogens with zero attached hydrogens (tertiary/aromatic N) is 1. The molecule has 0 spiro atoms. The maximum Gasteiger partial charge on any atom is 0.227 e. The van der Waals surface area contributed by atoms with Crippen molar-refractivity contribution in [2.24, 2.45) is 5.92 Å².